The van der Waals surface area contributed by atoms with Crippen LogP contribution in [0.5, 0.6) is 0 Å². The molecule has 0 saturated heterocycles. The van der Waals surface area contributed by atoms with Crippen LogP contribution in [0.15, 0.2) is 54.2 Å². The Bertz CT molecular complexity index is 1040. The first-order valence-corrected chi connectivity index (χ1v) is 12.6. The Hall–Kier alpha value is -2.50. The maximum absolute atomic E-state index is 5.69. The maximum atomic E-state index is 5.69. The zero-order chi connectivity index (χ0) is 23.1. The number of hydrogen-bond acceptors (Lipinski definition) is 4. The van der Waals surface area contributed by atoms with E-state index in [4.69, 9.17) is 15.7 Å². The number of allylic oxidation sites excluding steroid dienone is 2. The van der Waals surface area contributed by atoms with Gasteiger partial charge in [-0.1, -0.05) is 29.8 Å². The molecule has 0 saturated carbocycles. The molecular weight excluding hydrogens is 406 g/mol. The minimum Gasteiger partial charge on any atom is -0.341 e. The summed E-state index contributed by atoms with van der Waals surface area (Å²) in [6.45, 7) is 7.18. The number of hydrogen-bond donors (Lipinski definition) is 2. The van der Waals surface area contributed by atoms with E-state index in [9.17, 15) is 0 Å². The molecule has 1 aliphatic carbocycles. The number of nitrogens with zero attached hydrogens (tertiary/aromatic N) is 3. The third-order valence-electron chi connectivity index (χ3n) is 7.27. The van der Waals surface area contributed by atoms with Crippen LogP contribution in [0.4, 0.5) is 0 Å². The molecule has 0 bridgehead atoms. The van der Waals surface area contributed by atoms with Gasteiger partial charge in [-0.2, -0.15) is 0 Å². The van der Waals surface area contributed by atoms with Gasteiger partial charge in [0.2, 0.25) is 0 Å². The van der Waals surface area contributed by atoms with Crippen LogP contribution in [0.3, 0.4) is 0 Å². The number of H-pyrrole nitrogens is 1. The van der Waals surface area contributed by atoms with Gasteiger partial charge in [-0.15, -0.1) is 0 Å². The Balaban J connectivity index is 1.55. The maximum Gasteiger partial charge on any atom is 0.121 e. The number of pyridine rings is 1. The molecule has 0 radical (unpaired) electrons. The molecular formula is C28H39N5. The summed E-state index contributed by atoms with van der Waals surface area (Å²) in [6, 6.07) is 12.6. The highest BCUT2D eigenvalue weighted by Crippen LogP contribution is 2.39. The summed E-state index contributed by atoms with van der Waals surface area (Å²) in [5.41, 5.74) is 12.0. The number of rotatable bonds is 11. The molecule has 1 atom stereocenters. The average Bonchev–Trinajstić information content (AvgIpc) is 3.25. The van der Waals surface area contributed by atoms with E-state index in [1.54, 1.807) is 5.57 Å². The van der Waals surface area contributed by atoms with Crippen LogP contribution in [0.25, 0.3) is 11.0 Å². The number of unbranched alkanes of at least 4 members (excludes halogenated alkanes) is 1. The number of imidazole rings is 1. The smallest absolute Gasteiger partial charge is 0.121 e. The minimum absolute atomic E-state index is 0.0799. The molecule has 0 aliphatic heterocycles. The third-order valence-corrected chi connectivity index (χ3v) is 7.27. The summed E-state index contributed by atoms with van der Waals surface area (Å²) in [6.07, 6.45) is 13.5. The molecule has 33 heavy (non-hydrogen) atoms. The van der Waals surface area contributed by atoms with Crippen LogP contribution in [0, 0.1) is 0 Å². The Morgan fingerprint density at radius 3 is 2.82 bits per heavy atom. The van der Waals surface area contributed by atoms with Gasteiger partial charge in [0.05, 0.1) is 28.8 Å². The van der Waals surface area contributed by atoms with Crippen LogP contribution < -0.4 is 5.73 Å². The normalized spacial score (nSPS) is 18.7. The van der Waals surface area contributed by atoms with Crippen molar-refractivity contribution in [2.24, 2.45) is 5.73 Å². The van der Waals surface area contributed by atoms with Crippen LogP contribution in [0.1, 0.15) is 75.9 Å². The minimum atomic E-state index is -0.0799. The predicted molar refractivity (Wildman–Crippen MR) is 137 cm³/mol. The van der Waals surface area contributed by atoms with Crippen molar-refractivity contribution in [1.29, 1.82) is 0 Å². The quantitative estimate of drug-likeness (QED) is 0.286. The highest BCUT2D eigenvalue weighted by molar-refractivity contribution is 5.74. The standard InChI is InChI=1S/C28H39N5/c1-3-22(11-6-7-18-29)12-10-20-33(21-26-31-24-15-4-5-16-25(24)32-26)28(2)17-8-13-23-14-9-19-30-27(23)28/h3-5,9,14-16,19H,6-8,10-13,17-18,20-21,29H2,1-2H3,(H,31,32)/b22-3-. The van der Waals surface area contributed by atoms with Crippen molar-refractivity contribution in [2.75, 3.05) is 13.1 Å². The zero-order valence-electron chi connectivity index (χ0n) is 20.3. The molecule has 5 nitrogen and oxygen atoms in total. The fourth-order valence-electron chi connectivity index (χ4n) is 5.34. The number of para-hydroxylation sites is 2. The lowest BCUT2D eigenvalue weighted by molar-refractivity contribution is 0.0672. The van der Waals surface area contributed by atoms with Gasteiger partial charge in [-0.25, -0.2) is 4.98 Å². The number of aromatic nitrogens is 3. The molecule has 0 amide bonds. The van der Waals surface area contributed by atoms with Crippen molar-refractivity contribution in [3.05, 3.63) is 71.3 Å². The van der Waals surface area contributed by atoms with Gasteiger partial charge < -0.3 is 10.7 Å². The Morgan fingerprint density at radius 1 is 1.15 bits per heavy atom. The largest absolute Gasteiger partial charge is 0.341 e. The van der Waals surface area contributed by atoms with Gasteiger partial charge in [0.1, 0.15) is 5.82 Å². The van der Waals surface area contributed by atoms with E-state index in [0.29, 0.717) is 0 Å². The molecule has 0 fully saturated rings. The predicted octanol–water partition coefficient (Wildman–Crippen LogP) is 5.87. The van der Waals surface area contributed by atoms with Gasteiger partial charge in [-0.3, -0.25) is 9.88 Å². The Morgan fingerprint density at radius 2 is 2.00 bits per heavy atom. The lowest BCUT2D eigenvalue weighted by Gasteiger charge is -2.44. The average molecular weight is 446 g/mol. The number of aryl methyl sites for hydroxylation is 1. The first-order chi connectivity index (χ1) is 16.1. The first-order valence-electron chi connectivity index (χ1n) is 12.6. The lowest BCUT2D eigenvalue weighted by Crippen LogP contribution is -2.47. The fourth-order valence-corrected chi connectivity index (χ4v) is 5.34. The molecule has 5 heteroatoms. The van der Waals surface area contributed by atoms with E-state index in [2.05, 4.69) is 66.2 Å². The van der Waals surface area contributed by atoms with E-state index in [1.165, 1.54) is 30.5 Å². The van der Waals surface area contributed by atoms with E-state index in [-0.39, 0.29) is 5.54 Å². The second-order valence-corrected chi connectivity index (χ2v) is 9.56. The summed E-state index contributed by atoms with van der Waals surface area (Å²) < 4.78 is 0. The first kappa shape index (κ1) is 23.7. The molecule has 3 N–H and O–H groups in total. The van der Waals surface area contributed by atoms with Crippen molar-refractivity contribution < 1.29 is 0 Å². The SMILES string of the molecule is C/C=C(/CCCCN)CCCN(Cc1nc2ccccc2[nH]1)C1(C)CCCc2cccnc21. The molecule has 176 valence electrons. The summed E-state index contributed by atoms with van der Waals surface area (Å²) in [5, 5.41) is 0. The summed E-state index contributed by atoms with van der Waals surface area (Å²) in [7, 11) is 0. The van der Waals surface area contributed by atoms with Gasteiger partial charge in [0.25, 0.3) is 0 Å². The molecule has 3 aromatic rings. The highest BCUT2D eigenvalue weighted by Gasteiger charge is 2.39. The molecule has 2 aromatic heterocycles. The molecule has 0 spiro atoms. The second kappa shape index (κ2) is 11.1. The monoisotopic (exact) mass is 445 g/mol. The van der Waals surface area contributed by atoms with E-state index < -0.39 is 0 Å². The van der Waals surface area contributed by atoms with Crippen LogP contribution in [-0.2, 0) is 18.5 Å². The summed E-state index contributed by atoms with van der Waals surface area (Å²) in [5.74, 6) is 1.04. The molecule has 1 aromatic carbocycles. The fraction of sp³-hybridized carbons (Fsp3) is 0.500. The van der Waals surface area contributed by atoms with Crippen molar-refractivity contribution in [3.8, 4) is 0 Å². The van der Waals surface area contributed by atoms with Crippen molar-refractivity contribution in [1.82, 2.24) is 19.9 Å². The number of nitrogens with two attached hydrogens (primary N) is 1. The number of aromatic amines is 1. The van der Waals surface area contributed by atoms with Crippen molar-refractivity contribution >= 4 is 11.0 Å². The summed E-state index contributed by atoms with van der Waals surface area (Å²) in [4.78, 5) is 16.0. The number of benzene rings is 1. The van der Waals surface area contributed by atoms with Crippen molar-refractivity contribution in [3.63, 3.8) is 0 Å². The Kier molecular flexibility index (Phi) is 7.94. The van der Waals surface area contributed by atoms with Crippen LogP contribution >= 0.6 is 0 Å². The molecule has 1 unspecified atom stereocenters. The van der Waals surface area contributed by atoms with Crippen LogP contribution in [0.2, 0.25) is 0 Å². The summed E-state index contributed by atoms with van der Waals surface area (Å²) >= 11 is 0. The Labute approximate surface area is 198 Å². The number of nitrogens with one attached hydrogen (secondary N) is 1. The second-order valence-electron chi connectivity index (χ2n) is 9.56. The van der Waals surface area contributed by atoms with Gasteiger partial charge in [0, 0.05) is 6.20 Å². The van der Waals surface area contributed by atoms with Gasteiger partial charge >= 0.3 is 0 Å². The van der Waals surface area contributed by atoms with E-state index in [0.717, 1.165) is 68.6 Å². The van der Waals surface area contributed by atoms with E-state index >= 15 is 0 Å². The molecule has 4 rings (SSSR count). The van der Waals surface area contributed by atoms with E-state index in [1.807, 2.05) is 6.20 Å². The highest BCUT2D eigenvalue weighted by atomic mass is 15.2. The number of fused-ring (bicyclic) bond motifs is 2. The molecule has 2 heterocycles. The van der Waals surface area contributed by atoms with Crippen LogP contribution in [-0.4, -0.2) is 32.9 Å². The molecule has 1 aliphatic rings. The van der Waals surface area contributed by atoms with Crippen molar-refractivity contribution in [2.45, 2.75) is 77.3 Å². The lowest BCUT2D eigenvalue weighted by atomic mass is 9.79. The van der Waals surface area contributed by atoms with Gasteiger partial charge in [0.15, 0.2) is 0 Å². The van der Waals surface area contributed by atoms with Gasteiger partial charge in [-0.05, 0) is 102 Å². The zero-order valence-corrected chi connectivity index (χ0v) is 20.3. The third kappa shape index (κ3) is 5.53. The topological polar surface area (TPSA) is 70.8 Å².